The van der Waals surface area contributed by atoms with Gasteiger partial charge in [-0.2, -0.15) is 0 Å². The lowest BCUT2D eigenvalue weighted by Crippen LogP contribution is -2.00. The molecule has 1 atom stereocenters. The summed E-state index contributed by atoms with van der Waals surface area (Å²) in [5.41, 5.74) is 3.34. The quantitative estimate of drug-likeness (QED) is 0.796. The van der Waals surface area contributed by atoms with E-state index in [1.54, 1.807) is 12.1 Å². The Morgan fingerprint density at radius 3 is 2.91 bits per heavy atom. The first kappa shape index (κ1) is 14.3. The highest BCUT2D eigenvalue weighted by Gasteiger charge is 2.13. The van der Waals surface area contributed by atoms with E-state index in [4.69, 9.17) is 4.74 Å². The van der Waals surface area contributed by atoms with Crippen LogP contribution in [0.1, 0.15) is 23.1 Å². The van der Waals surface area contributed by atoms with E-state index in [2.05, 4.69) is 42.3 Å². The number of carbonyl (C=O) groups is 1. The summed E-state index contributed by atoms with van der Waals surface area (Å²) in [5, 5.41) is 0. The van der Waals surface area contributed by atoms with Crippen molar-refractivity contribution in [3.8, 4) is 0 Å². The second-order valence-corrected chi connectivity index (χ2v) is 5.41. The van der Waals surface area contributed by atoms with E-state index in [0.29, 0.717) is 11.5 Å². The average Bonchev–Trinajstić information content (AvgIpc) is 2.70. The van der Waals surface area contributed by atoms with Crippen LogP contribution in [0.3, 0.4) is 0 Å². The third kappa shape index (κ3) is 2.48. The molecule has 1 aromatic heterocycles. The van der Waals surface area contributed by atoms with Crippen LogP contribution < -0.4 is 0 Å². The first-order valence-corrected chi connectivity index (χ1v) is 7.22. The molecule has 1 heterocycles. The number of aromatic nitrogens is 2. The highest BCUT2D eigenvalue weighted by molar-refractivity contribution is 5.94. The minimum absolute atomic E-state index is 0.348. The van der Waals surface area contributed by atoms with Crippen molar-refractivity contribution in [3.05, 3.63) is 60.0 Å². The molecule has 4 nitrogen and oxygen atoms in total. The largest absolute Gasteiger partial charge is 0.465 e. The number of fused-ring (bicyclic) bond motifs is 1. The number of methoxy groups -OCH3 is 1. The van der Waals surface area contributed by atoms with Gasteiger partial charge in [-0.15, -0.1) is 0 Å². The minimum Gasteiger partial charge on any atom is -0.465 e. The summed E-state index contributed by atoms with van der Waals surface area (Å²) in [6.07, 6.45) is 10.5. The molecule has 0 amide bonds. The molecule has 3 rings (SSSR count). The van der Waals surface area contributed by atoms with E-state index >= 15 is 0 Å². The van der Waals surface area contributed by atoms with Crippen molar-refractivity contribution in [3.63, 3.8) is 0 Å². The third-order valence-corrected chi connectivity index (χ3v) is 3.83. The Morgan fingerprint density at radius 2 is 2.14 bits per heavy atom. The molecule has 0 radical (unpaired) electrons. The number of esters is 1. The van der Waals surface area contributed by atoms with Gasteiger partial charge in [-0.1, -0.05) is 37.3 Å². The molecule has 112 valence electrons. The van der Waals surface area contributed by atoms with Gasteiger partial charge in [0.1, 0.15) is 5.82 Å². The van der Waals surface area contributed by atoms with Gasteiger partial charge in [0.2, 0.25) is 0 Å². The van der Waals surface area contributed by atoms with E-state index in [1.807, 2.05) is 17.7 Å². The second-order valence-electron chi connectivity index (χ2n) is 5.41. The highest BCUT2D eigenvalue weighted by atomic mass is 16.5. The fourth-order valence-electron chi connectivity index (χ4n) is 2.56. The smallest absolute Gasteiger partial charge is 0.337 e. The van der Waals surface area contributed by atoms with Gasteiger partial charge < -0.3 is 9.30 Å². The molecule has 2 aromatic rings. The van der Waals surface area contributed by atoms with E-state index < -0.39 is 0 Å². The number of hydrogen-bond donors (Lipinski definition) is 0. The molecule has 0 N–H and O–H groups in total. The van der Waals surface area contributed by atoms with Crippen LogP contribution in [-0.2, 0) is 11.8 Å². The summed E-state index contributed by atoms with van der Waals surface area (Å²) in [4.78, 5) is 16.3. The zero-order valence-corrected chi connectivity index (χ0v) is 12.9. The number of allylic oxidation sites excluding steroid dienone is 6. The van der Waals surface area contributed by atoms with Gasteiger partial charge in [0, 0.05) is 12.6 Å². The summed E-state index contributed by atoms with van der Waals surface area (Å²) < 4.78 is 6.80. The minimum atomic E-state index is -0.348. The Balaban J connectivity index is 2.10. The first-order chi connectivity index (χ1) is 10.6. The van der Waals surface area contributed by atoms with Gasteiger partial charge in [-0.05, 0) is 24.1 Å². The van der Waals surface area contributed by atoms with Gasteiger partial charge >= 0.3 is 5.97 Å². The van der Waals surface area contributed by atoms with Crippen molar-refractivity contribution in [2.75, 3.05) is 7.11 Å². The van der Waals surface area contributed by atoms with E-state index in [1.165, 1.54) is 7.11 Å². The zero-order chi connectivity index (χ0) is 15.7. The lowest BCUT2D eigenvalue weighted by molar-refractivity contribution is 0.0601. The normalized spacial score (nSPS) is 17.4. The molecule has 0 saturated heterocycles. The predicted molar refractivity (Wildman–Crippen MR) is 87.5 cm³/mol. The Kier molecular flexibility index (Phi) is 3.67. The SMILES string of the molecule is COC(=O)c1ccc2c(c1)nc(C1=CC=CC(C)C=C1)n2C. The predicted octanol–water partition coefficient (Wildman–Crippen LogP) is 3.51. The molecule has 0 bridgehead atoms. The van der Waals surface area contributed by atoms with Crippen LogP contribution in [0.2, 0.25) is 0 Å². The van der Waals surface area contributed by atoms with Crippen LogP contribution in [0.5, 0.6) is 0 Å². The van der Waals surface area contributed by atoms with Gasteiger partial charge in [-0.3, -0.25) is 0 Å². The van der Waals surface area contributed by atoms with Crippen LogP contribution in [0.4, 0.5) is 0 Å². The van der Waals surface area contributed by atoms with Gasteiger partial charge in [-0.25, -0.2) is 9.78 Å². The number of rotatable bonds is 2. The number of benzene rings is 1. The summed E-state index contributed by atoms with van der Waals surface area (Å²) >= 11 is 0. The summed E-state index contributed by atoms with van der Waals surface area (Å²) in [6, 6.07) is 5.43. The van der Waals surface area contributed by atoms with E-state index in [0.717, 1.165) is 22.4 Å². The van der Waals surface area contributed by atoms with Crippen LogP contribution in [0, 0.1) is 5.92 Å². The zero-order valence-electron chi connectivity index (χ0n) is 12.9. The molecule has 0 fully saturated rings. The molecular weight excluding hydrogens is 276 g/mol. The maximum Gasteiger partial charge on any atom is 0.337 e. The van der Waals surface area contributed by atoms with Crippen molar-refractivity contribution >= 4 is 22.6 Å². The van der Waals surface area contributed by atoms with Crippen LogP contribution in [0.25, 0.3) is 16.6 Å². The van der Waals surface area contributed by atoms with Gasteiger partial charge in [0.25, 0.3) is 0 Å². The maximum absolute atomic E-state index is 11.6. The van der Waals surface area contributed by atoms with E-state index in [9.17, 15) is 4.79 Å². The second kappa shape index (κ2) is 5.64. The Hall–Kier alpha value is -2.62. The number of aryl methyl sites for hydroxylation is 1. The molecule has 0 aliphatic heterocycles. The molecule has 4 heteroatoms. The third-order valence-electron chi connectivity index (χ3n) is 3.83. The van der Waals surface area contributed by atoms with Crippen molar-refractivity contribution in [2.45, 2.75) is 6.92 Å². The lowest BCUT2D eigenvalue weighted by Gasteiger charge is -2.03. The summed E-state index contributed by atoms with van der Waals surface area (Å²) in [5.74, 6) is 0.945. The number of imidazole rings is 1. The Labute approximate surface area is 129 Å². The highest BCUT2D eigenvalue weighted by Crippen LogP contribution is 2.24. The lowest BCUT2D eigenvalue weighted by atomic mass is 10.1. The van der Waals surface area contributed by atoms with Crippen LogP contribution >= 0.6 is 0 Å². The fourth-order valence-corrected chi connectivity index (χ4v) is 2.56. The van der Waals surface area contributed by atoms with Crippen molar-refractivity contribution in [2.24, 2.45) is 13.0 Å². The standard InChI is InChI=1S/C18H18N2O2/c1-12-5-4-6-13(8-7-12)17-19-15-11-14(18(21)22-3)9-10-16(15)20(17)2/h4-12H,1-3H3. The average molecular weight is 294 g/mol. The first-order valence-electron chi connectivity index (χ1n) is 7.22. The molecule has 1 unspecified atom stereocenters. The topological polar surface area (TPSA) is 44.1 Å². The summed E-state index contributed by atoms with van der Waals surface area (Å²) in [6.45, 7) is 2.14. The molecule has 1 aromatic carbocycles. The monoisotopic (exact) mass is 294 g/mol. The molecule has 1 aliphatic carbocycles. The van der Waals surface area contributed by atoms with Gasteiger partial charge in [0.05, 0.1) is 23.7 Å². The van der Waals surface area contributed by atoms with Crippen molar-refractivity contribution < 1.29 is 9.53 Å². The number of nitrogens with zero attached hydrogens (tertiary/aromatic N) is 2. The molecule has 0 spiro atoms. The van der Waals surface area contributed by atoms with Gasteiger partial charge in [0.15, 0.2) is 0 Å². The maximum atomic E-state index is 11.6. The van der Waals surface area contributed by atoms with Crippen LogP contribution in [0.15, 0.2) is 48.6 Å². The Morgan fingerprint density at radius 1 is 1.32 bits per heavy atom. The van der Waals surface area contributed by atoms with Crippen molar-refractivity contribution in [1.82, 2.24) is 9.55 Å². The molecule has 0 saturated carbocycles. The number of carbonyl (C=O) groups excluding carboxylic acids is 1. The molecule has 22 heavy (non-hydrogen) atoms. The van der Waals surface area contributed by atoms with E-state index in [-0.39, 0.29) is 5.97 Å². The number of hydrogen-bond acceptors (Lipinski definition) is 3. The van der Waals surface area contributed by atoms with Crippen LogP contribution in [-0.4, -0.2) is 22.6 Å². The Bertz CT molecular complexity index is 825. The summed E-state index contributed by atoms with van der Waals surface area (Å²) in [7, 11) is 3.36. The fraction of sp³-hybridized carbons (Fsp3) is 0.222. The molecule has 1 aliphatic rings. The molecular formula is C18H18N2O2. The number of ether oxygens (including phenoxy) is 1. The van der Waals surface area contributed by atoms with Crippen molar-refractivity contribution in [1.29, 1.82) is 0 Å².